The normalized spacial score (nSPS) is 15.8. The van der Waals surface area contributed by atoms with Crippen molar-refractivity contribution >= 4 is 17.4 Å². The van der Waals surface area contributed by atoms with E-state index in [1.54, 1.807) is 6.20 Å². The molecule has 3 nitrogen and oxygen atoms in total. The van der Waals surface area contributed by atoms with E-state index in [0.717, 1.165) is 11.4 Å². The van der Waals surface area contributed by atoms with Crippen molar-refractivity contribution in [2.45, 2.75) is 25.4 Å². The maximum atomic E-state index is 6.00. The van der Waals surface area contributed by atoms with E-state index in [4.69, 9.17) is 17.3 Å². The van der Waals surface area contributed by atoms with Gasteiger partial charge in [-0.05, 0) is 24.5 Å². The summed E-state index contributed by atoms with van der Waals surface area (Å²) in [4.78, 5) is 4.21. The van der Waals surface area contributed by atoms with Crippen LogP contribution < -0.4 is 11.1 Å². The third kappa shape index (κ3) is 2.11. The maximum absolute atomic E-state index is 6.00. The minimum absolute atomic E-state index is 0.483. The Morgan fingerprint density at radius 3 is 2.92 bits per heavy atom. The molecule has 1 fully saturated rings. The summed E-state index contributed by atoms with van der Waals surface area (Å²) in [6, 6.07) is 2.44. The minimum Gasteiger partial charge on any atom is -0.366 e. The van der Waals surface area contributed by atoms with Crippen molar-refractivity contribution in [3.8, 4) is 0 Å². The summed E-state index contributed by atoms with van der Waals surface area (Å²) in [5.41, 5.74) is 6.43. The molecule has 0 atom stereocenters. The molecule has 0 spiro atoms. The van der Waals surface area contributed by atoms with Crippen LogP contribution in [0.4, 0.5) is 5.82 Å². The fraction of sp³-hybridized carbons (Fsp3) is 0.444. The topological polar surface area (TPSA) is 50.9 Å². The smallest absolute Gasteiger partial charge is 0.144 e. The number of anilines is 1. The Balaban J connectivity index is 2.15. The highest BCUT2D eigenvalue weighted by atomic mass is 35.5. The zero-order valence-electron chi connectivity index (χ0n) is 7.26. The molecule has 1 aliphatic rings. The number of aromatic nitrogens is 1. The zero-order chi connectivity index (χ0) is 9.26. The van der Waals surface area contributed by atoms with Gasteiger partial charge in [-0.1, -0.05) is 11.6 Å². The molecule has 1 saturated carbocycles. The molecule has 0 aliphatic heterocycles. The molecular weight excluding hydrogens is 186 g/mol. The quantitative estimate of drug-likeness (QED) is 0.777. The molecule has 0 bridgehead atoms. The number of rotatable bonds is 3. The van der Waals surface area contributed by atoms with E-state index < -0.39 is 0 Å². The summed E-state index contributed by atoms with van der Waals surface area (Å²) in [6.45, 7) is 0.483. The average molecular weight is 198 g/mol. The van der Waals surface area contributed by atoms with Gasteiger partial charge in [0.15, 0.2) is 0 Å². The van der Waals surface area contributed by atoms with Gasteiger partial charge in [-0.3, -0.25) is 0 Å². The summed E-state index contributed by atoms with van der Waals surface area (Å²) in [5, 5.41) is 3.91. The first-order valence-electron chi connectivity index (χ1n) is 4.40. The first kappa shape index (κ1) is 8.78. The van der Waals surface area contributed by atoms with Gasteiger partial charge in [0.25, 0.3) is 0 Å². The third-order valence-corrected chi connectivity index (χ3v) is 2.34. The molecule has 0 unspecified atom stereocenters. The van der Waals surface area contributed by atoms with E-state index in [1.165, 1.54) is 12.8 Å². The Kier molecular flexibility index (Phi) is 2.38. The monoisotopic (exact) mass is 197 g/mol. The van der Waals surface area contributed by atoms with Gasteiger partial charge in [-0.15, -0.1) is 0 Å². The number of hydrogen-bond acceptors (Lipinski definition) is 3. The minimum atomic E-state index is 0.483. The molecule has 0 saturated heterocycles. The van der Waals surface area contributed by atoms with Crippen LogP contribution in [0.1, 0.15) is 18.4 Å². The standard InChI is InChI=1S/C9H12ClN3/c10-8-3-6(4-11)5-12-9(8)13-7-1-2-7/h3,5,7H,1-2,4,11H2,(H,12,13). The molecule has 0 amide bonds. The summed E-state index contributed by atoms with van der Waals surface area (Å²) >= 11 is 6.00. The van der Waals surface area contributed by atoms with Crippen molar-refractivity contribution in [1.29, 1.82) is 0 Å². The second-order valence-electron chi connectivity index (χ2n) is 3.30. The van der Waals surface area contributed by atoms with Crippen LogP contribution in [0.5, 0.6) is 0 Å². The van der Waals surface area contributed by atoms with Crippen molar-refractivity contribution in [2.75, 3.05) is 5.32 Å². The second-order valence-corrected chi connectivity index (χ2v) is 3.70. The highest BCUT2D eigenvalue weighted by molar-refractivity contribution is 6.32. The van der Waals surface area contributed by atoms with E-state index in [2.05, 4.69) is 10.3 Å². The molecule has 1 aliphatic carbocycles. The molecular formula is C9H12ClN3. The Bertz CT molecular complexity index is 310. The van der Waals surface area contributed by atoms with E-state index in [-0.39, 0.29) is 0 Å². The number of pyridine rings is 1. The molecule has 2 rings (SSSR count). The van der Waals surface area contributed by atoms with Gasteiger partial charge in [-0.2, -0.15) is 0 Å². The molecule has 1 heterocycles. The molecule has 1 aromatic rings. The van der Waals surface area contributed by atoms with Gasteiger partial charge in [-0.25, -0.2) is 4.98 Å². The van der Waals surface area contributed by atoms with E-state index in [9.17, 15) is 0 Å². The van der Waals surface area contributed by atoms with Gasteiger partial charge in [0.1, 0.15) is 5.82 Å². The van der Waals surface area contributed by atoms with Gasteiger partial charge in [0.05, 0.1) is 5.02 Å². The third-order valence-electron chi connectivity index (χ3n) is 2.05. The van der Waals surface area contributed by atoms with Crippen LogP contribution in [0.2, 0.25) is 5.02 Å². The van der Waals surface area contributed by atoms with E-state index in [1.807, 2.05) is 6.07 Å². The Labute approximate surface area is 82.3 Å². The average Bonchev–Trinajstić information content (AvgIpc) is 2.92. The predicted octanol–water partition coefficient (Wildman–Crippen LogP) is 1.77. The SMILES string of the molecule is NCc1cnc(NC2CC2)c(Cl)c1. The number of hydrogen-bond donors (Lipinski definition) is 2. The highest BCUT2D eigenvalue weighted by Crippen LogP contribution is 2.27. The van der Waals surface area contributed by atoms with E-state index in [0.29, 0.717) is 17.6 Å². The molecule has 13 heavy (non-hydrogen) atoms. The van der Waals surface area contributed by atoms with Crippen molar-refractivity contribution < 1.29 is 0 Å². The lowest BCUT2D eigenvalue weighted by molar-refractivity contribution is 1.04. The van der Waals surface area contributed by atoms with Crippen LogP contribution in [-0.4, -0.2) is 11.0 Å². The molecule has 4 heteroatoms. The van der Waals surface area contributed by atoms with Gasteiger partial charge < -0.3 is 11.1 Å². The van der Waals surface area contributed by atoms with Crippen LogP contribution in [0.3, 0.4) is 0 Å². The molecule has 0 radical (unpaired) electrons. The van der Waals surface area contributed by atoms with Gasteiger partial charge in [0.2, 0.25) is 0 Å². The van der Waals surface area contributed by atoms with Crippen LogP contribution in [0.15, 0.2) is 12.3 Å². The number of nitrogens with two attached hydrogens (primary N) is 1. The molecule has 1 aromatic heterocycles. The number of nitrogens with zero attached hydrogens (tertiary/aromatic N) is 1. The fourth-order valence-electron chi connectivity index (χ4n) is 1.12. The predicted molar refractivity (Wildman–Crippen MR) is 53.8 cm³/mol. The molecule has 0 aromatic carbocycles. The zero-order valence-corrected chi connectivity index (χ0v) is 8.01. The van der Waals surface area contributed by atoms with Crippen molar-refractivity contribution in [2.24, 2.45) is 5.73 Å². The van der Waals surface area contributed by atoms with Gasteiger partial charge in [0, 0.05) is 18.8 Å². The summed E-state index contributed by atoms with van der Waals surface area (Å²) in [6.07, 6.45) is 4.20. The molecule has 3 N–H and O–H groups in total. The lowest BCUT2D eigenvalue weighted by Gasteiger charge is -2.06. The van der Waals surface area contributed by atoms with Gasteiger partial charge >= 0.3 is 0 Å². The maximum Gasteiger partial charge on any atom is 0.144 e. The Morgan fingerprint density at radius 2 is 2.38 bits per heavy atom. The van der Waals surface area contributed by atoms with Crippen molar-refractivity contribution in [3.05, 3.63) is 22.8 Å². The number of halogens is 1. The molecule has 70 valence electrons. The second kappa shape index (κ2) is 3.52. The van der Waals surface area contributed by atoms with E-state index >= 15 is 0 Å². The van der Waals surface area contributed by atoms with Crippen LogP contribution in [-0.2, 0) is 6.54 Å². The highest BCUT2D eigenvalue weighted by Gasteiger charge is 2.22. The summed E-state index contributed by atoms with van der Waals surface area (Å²) < 4.78 is 0. The largest absolute Gasteiger partial charge is 0.366 e. The first-order chi connectivity index (χ1) is 6.29. The Hall–Kier alpha value is -0.800. The summed E-state index contributed by atoms with van der Waals surface area (Å²) in [5.74, 6) is 0.779. The fourth-order valence-corrected chi connectivity index (χ4v) is 1.36. The number of nitrogens with one attached hydrogen (secondary N) is 1. The Morgan fingerprint density at radius 1 is 1.62 bits per heavy atom. The van der Waals surface area contributed by atoms with Crippen molar-refractivity contribution in [3.63, 3.8) is 0 Å². The van der Waals surface area contributed by atoms with Crippen LogP contribution >= 0.6 is 11.6 Å². The van der Waals surface area contributed by atoms with Crippen LogP contribution in [0, 0.1) is 0 Å². The van der Waals surface area contributed by atoms with Crippen molar-refractivity contribution in [1.82, 2.24) is 4.98 Å². The lowest BCUT2D eigenvalue weighted by Crippen LogP contribution is -2.05. The summed E-state index contributed by atoms with van der Waals surface area (Å²) in [7, 11) is 0. The van der Waals surface area contributed by atoms with Crippen LogP contribution in [0.25, 0.3) is 0 Å². The first-order valence-corrected chi connectivity index (χ1v) is 4.78. The lowest BCUT2D eigenvalue weighted by atomic mass is 10.3.